The highest BCUT2D eigenvalue weighted by molar-refractivity contribution is 7.19. The van der Waals surface area contributed by atoms with Gasteiger partial charge >= 0.3 is 0 Å². The summed E-state index contributed by atoms with van der Waals surface area (Å²) in [7, 11) is 0. The summed E-state index contributed by atoms with van der Waals surface area (Å²) < 4.78 is 0. The van der Waals surface area contributed by atoms with E-state index in [4.69, 9.17) is 0 Å². The van der Waals surface area contributed by atoms with Crippen molar-refractivity contribution in [3.63, 3.8) is 0 Å². The summed E-state index contributed by atoms with van der Waals surface area (Å²) in [5, 5.41) is 0.602. The van der Waals surface area contributed by atoms with Gasteiger partial charge in [0, 0.05) is 6.20 Å². The lowest BCUT2D eigenvalue weighted by Gasteiger charge is -2.08. The fourth-order valence-corrected chi connectivity index (χ4v) is 2.82. The number of amides is 1. The molecule has 0 N–H and O–H groups in total. The summed E-state index contributed by atoms with van der Waals surface area (Å²) in [5.41, 5.74) is 1.07. The minimum absolute atomic E-state index is 0.000248. The monoisotopic (exact) mass is 258 g/mol. The number of hydrogen-bond donors (Lipinski definition) is 0. The third-order valence-electron chi connectivity index (χ3n) is 2.77. The number of aromatic nitrogens is 1. The van der Waals surface area contributed by atoms with E-state index in [1.165, 1.54) is 16.2 Å². The zero-order valence-electron chi connectivity index (χ0n) is 9.50. The Hall–Kier alpha value is -2.01. The molecule has 1 aliphatic heterocycles. The fraction of sp³-hybridized carbons (Fsp3) is 0.154. The quantitative estimate of drug-likeness (QED) is 0.775. The lowest BCUT2D eigenvalue weighted by atomic mass is 10.2. The highest BCUT2D eigenvalue weighted by Crippen LogP contribution is 2.32. The van der Waals surface area contributed by atoms with Crippen molar-refractivity contribution in [1.29, 1.82) is 0 Å². The molecule has 18 heavy (non-hydrogen) atoms. The molecule has 0 bridgehead atoms. The Morgan fingerprint density at radius 2 is 1.94 bits per heavy atom. The third kappa shape index (κ3) is 1.93. The number of Topliss-reactive ketones (excluding diaryl/α,β-unsaturated/α-hetero) is 1. The number of thiazole rings is 1. The van der Waals surface area contributed by atoms with Gasteiger partial charge in [0.2, 0.25) is 5.91 Å². The standard InChI is InChI=1S/C13H10N2O2S/c16-10-6-12(17)15(8-10)13-14-7-11(18-13)9-4-2-1-3-5-9/h1-5,7H,6,8H2. The number of hydrogen-bond acceptors (Lipinski definition) is 4. The van der Waals surface area contributed by atoms with Gasteiger partial charge in [0.25, 0.3) is 0 Å². The predicted molar refractivity (Wildman–Crippen MR) is 69.5 cm³/mol. The molecule has 1 aromatic carbocycles. The van der Waals surface area contributed by atoms with Crippen molar-refractivity contribution >= 4 is 28.2 Å². The predicted octanol–water partition coefficient (Wildman–Crippen LogP) is 2.12. The van der Waals surface area contributed by atoms with Crippen LogP contribution in [0.5, 0.6) is 0 Å². The number of anilines is 1. The highest BCUT2D eigenvalue weighted by atomic mass is 32.1. The number of nitrogens with zero attached hydrogens (tertiary/aromatic N) is 2. The van der Waals surface area contributed by atoms with E-state index in [1.807, 2.05) is 30.3 Å². The molecule has 1 amide bonds. The van der Waals surface area contributed by atoms with E-state index < -0.39 is 0 Å². The molecule has 0 aliphatic carbocycles. The Morgan fingerprint density at radius 3 is 2.61 bits per heavy atom. The van der Waals surface area contributed by atoms with Gasteiger partial charge in [0.15, 0.2) is 10.9 Å². The largest absolute Gasteiger partial charge is 0.297 e. The van der Waals surface area contributed by atoms with Crippen LogP contribution >= 0.6 is 11.3 Å². The Labute approximate surface area is 108 Å². The van der Waals surface area contributed by atoms with E-state index in [1.54, 1.807) is 6.20 Å². The number of rotatable bonds is 2. The molecule has 5 heteroatoms. The maximum absolute atomic E-state index is 11.6. The first-order valence-electron chi connectivity index (χ1n) is 5.57. The average Bonchev–Trinajstić information content (AvgIpc) is 2.97. The second kappa shape index (κ2) is 4.34. The second-order valence-corrected chi connectivity index (χ2v) is 5.08. The zero-order valence-corrected chi connectivity index (χ0v) is 10.3. The van der Waals surface area contributed by atoms with Gasteiger partial charge in [-0.15, -0.1) is 0 Å². The van der Waals surface area contributed by atoms with Gasteiger partial charge in [-0.25, -0.2) is 4.98 Å². The van der Waals surface area contributed by atoms with Crippen molar-refractivity contribution in [3.8, 4) is 10.4 Å². The van der Waals surface area contributed by atoms with Crippen LogP contribution in [0.1, 0.15) is 6.42 Å². The van der Waals surface area contributed by atoms with Crippen LogP contribution < -0.4 is 4.90 Å². The summed E-state index contributed by atoms with van der Waals surface area (Å²) in [6.45, 7) is 0.153. The first-order chi connectivity index (χ1) is 8.74. The van der Waals surface area contributed by atoms with Gasteiger partial charge in [-0.1, -0.05) is 41.7 Å². The average molecular weight is 258 g/mol. The van der Waals surface area contributed by atoms with Crippen LogP contribution in [0, 0.1) is 0 Å². The van der Waals surface area contributed by atoms with Gasteiger partial charge in [-0.2, -0.15) is 0 Å². The fourth-order valence-electron chi connectivity index (χ4n) is 1.88. The molecule has 3 rings (SSSR count). The maximum atomic E-state index is 11.6. The molecular weight excluding hydrogens is 248 g/mol. The summed E-state index contributed by atoms with van der Waals surface area (Å²) in [6, 6.07) is 9.86. The molecule has 4 nitrogen and oxygen atoms in total. The molecule has 0 unspecified atom stereocenters. The second-order valence-electron chi connectivity index (χ2n) is 4.07. The van der Waals surface area contributed by atoms with Gasteiger partial charge in [0.05, 0.1) is 17.8 Å². The molecular formula is C13H10N2O2S. The van der Waals surface area contributed by atoms with Crippen molar-refractivity contribution in [3.05, 3.63) is 36.5 Å². The molecule has 0 spiro atoms. The van der Waals surface area contributed by atoms with E-state index in [-0.39, 0.29) is 24.7 Å². The summed E-state index contributed by atoms with van der Waals surface area (Å²) in [6.07, 6.45) is 1.74. The van der Waals surface area contributed by atoms with Crippen LogP contribution in [0.25, 0.3) is 10.4 Å². The summed E-state index contributed by atoms with van der Waals surface area (Å²) >= 11 is 1.43. The van der Waals surface area contributed by atoms with Gasteiger partial charge in [0.1, 0.15) is 0 Å². The Kier molecular flexibility index (Phi) is 2.68. The van der Waals surface area contributed by atoms with Crippen LogP contribution in [-0.2, 0) is 9.59 Å². The van der Waals surface area contributed by atoms with Gasteiger partial charge < -0.3 is 0 Å². The van der Waals surface area contributed by atoms with Crippen molar-refractivity contribution < 1.29 is 9.59 Å². The van der Waals surface area contributed by atoms with E-state index in [0.29, 0.717) is 5.13 Å². The number of ketones is 1. The Morgan fingerprint density at radius 1 is 1.17 bits per heavy atom. The summed E-state index contributed by atoms with van der Waals surface area (Å²) in [4.78, 5) is 29.5. The van der Waals surface area contributed by atoms with E-state index in [0.717, 1.165) is 10.4 Å². The number of carbonyl (C=O) groups is 2. The van der Waals surface area contributed by atoms with Crippen molar-refractivity contribution in [1.82, 2.24) is 4.98 Å². The highest BCUT2D eigenvalue weighted by Gasteiger charge is 2.30. The van der Waals surface area contributed by atoms with E-state index in [2.05, 4.69) is 4.98 Å². The molecule has 0 atom stereocenters. The smallest absolute Gasteiger partial charge is 0.236 e. The first-order valence-corrected chi connectivity index (χ1v) is 6.39. The maximum Gasteiger partial charge on any atom is 0.236 e. The molecule has 2 heterocycles. The molecule has 1 aliphatic rings. The van der Waals surface area contributed by atoms with E-state index >= 15 is 0 Å². The molecule has 1 saturated heterocycles. The minimum Gasteiger partial charge on any atom is -0.297 e. The van der Waals surface area contributed by atoms with Gasteiger partial charge in [-0.3, -0.25) is 14.5 Å². The molecule has 1 aromatic heterocycles. The van der Waals surface area contributed by atoms with Crippen LogP contribution in [0.3, 0.4) is 0 Å². The first kappa shape index (κ1) is 11.1. The molecule has 0 radical (unpaired) electrons. The number of carbonyl (C=O) groups excluding carboxylic acids is 2. The molecule has 2 aromatic rings. The lowest BCUT2D eigenvalue weighted by molar-refractivity contribution is -0.121. The zero-order chi connectivity index (χ0) is 12.5. The SMILES string of the molecule is O=C1CC(=O)N(c2ncc(-c3ccccc3)s2)C1. The van der Waals surface area contributed by atoms with Crippen LogP contribution in [-0.4, -0.2) is 23.2 Å². The summed E-state index contributed by atoms with van der Waals surface area (Å²) in [5.74, 6) is -0.203. The van der Waals surface area contributed by atoms with Gasteiger partial charge in [-0.05, 0) is 5.56 Å². The van der Waals surface area contributed by atoms with Crippen LogP contribution in [0.15, 0.2) is 36.5 Å². The van der Waals surface area contributed by atoms with E-state index in [9.17, 15) is 9.59 Å². The Bertz CT molecular complexity index is 606. The molecule has 90 valence electrons. The van der Waals surface area contributed by atoms with Crippen molar-refractivity contribution in [2.75, 3.05) is 11.4 Å². The third-order valence-corrected chi connectivity index (χ3v) is 3.84. The van der Waals surface area contributed by atoms with Crippen LogP contribution in [0.2, 0.25) is 0 Å². The van der Waals surface area contributed by atoms with Crippen molar-refractivity contribution in [2.24, 2.45) is 0 Å². The Balaban J connectivity index is 1.91. The van der Waals surface area contributed by atoms with Crippen LogP contribution in [0.4, 0.5) is 5.13 Å². The van der Waals surface area contributed by atoms with Crippen molar-refractivity contribution in [2.45, 2.75) is 6.42 Å². The normalized spacial score (nSPS) is 15.4. The lowest BCUT2D eigenvalue weighted by Crippen LogP contribution is -2.24. The topological polar surface area (TPSA) is 50.3 Å². The molecule has 1 fully saturated rings. The minimum atomic E-state index is -0.158. The molecule has 0 saturated carbocycles. The number of benzene rings is 1.